The Balaban J connectivity index is 1.61. The number of aliphatic hydroxyl groups excluding tert-OH is 1. The van der Waals surface area contributed by atoms with Crippen molar-refractivity contribution < 1.29 is 5.11 Å². The van der Waals surface area contributed by atoms with E-state index >= 15 is 0 Å². The summed E-state index contributed by atoms with van der Waals surface area (Å²) in [4.78, 5) is 3.22. The van der Waals surface area contributed by atoms with Crippen LogP contribution in [0.3, 0.4) is 0 Å². The Morgan fingerprint density at radius 2 is 2.12 bits per heavy atom. The third-order valence-corrected chi connectivity index (χ3v) is 4.55. The fourth-order valence-electron chi connectivity index (χ4n) is 2.97. The molecule has 5 heteroatoms. The quantitative estimate of drug-likeness (QED) is 0.628. The predicted octanol–water partition coefficient (Wildman–Crippen LogP) is 3.95. The minimum Gasteiger partial charge on any atom is -0.387 e. The summed E-state index contributed by atoms with van der Waals surface area (Å²) in [5.74, 6) is 0. The molecule has 0 spiro atoms. The lowest BCUT2D eigenvalue weighted by molar-refractivity contribution is 0.170. The molecule has 1 heterocycles. The third-order valence-electron chi connectivity index (χ3n) is 4.32. The van der Waals surface area contributed by atoms with Gasteiger partial charge in [0.25, 0.3) is 0 Å². The first-order valence-electron chi connectivity index (χ1n) is 8.24. The van der Waals surface area contributed by atoms with Gasteiger partial charge in [0, 0.05) is 34.7 Å². The van der Waals surface area contributed by atoms with E-state index in [-0.39, 0.29) is 6.04 Å². The molecule has 2 atom stereocenters. The summed E-state index contributed by atoms with van der Waals surface area (Å²) in [5.41, 5.74) is 3.62. The van der Waals surface area contributed by atoms with Gasteiger partial charge in [-0.3, -0.25) is 0 Å². The van der Waals surface area contributed by atoms with Gasteiger partial charge in [0.05, 0.1) is 17.7 Å². The van der Waals surface area contributed by atoms with Crippen LogP contribution in [-0.2, 0) is 6.42 Å². The molecule has 0 bridgehead atoms. The van der Waals surface area contributed by atoms with Crippen molar-refractivity contribution in [3.63, 3.8) is 0 Å². The number of H-pyrrole nitrogens is 1. The largest absolute Gasteiger partial charge is 0.387 e. The average Bonchev–Trinajstić information content (AvgIpc) is 3.01. The molecule has 1 aromatic heterocycles. The van der Waals surface area contributed by atoms with Gasteiger partial charge in [0.15, 0.2) is 0 Å². The summed E-state index contributed by atoms with van der Waals surface area (Å²) in [6, 6.07) is 15.3. The highest BCUT2D eigenvalue weighted by Crippen LogP contribution is 2.21. The molecule has 0 saturated heterocycles. The Hall–Kier alpha value is -2.32. The number of aromatic amines is 1. The van der Waals surface area contributed by atoms with Gasteiger partial charge >= 0.3 is 0 Å². The third kappa shape index (κ3) is 4.21. The maximum Gasteiger partial charge on any atom is 0.0992 e. The molecule has 3 rings (SSSR count). The number of hydrogen-bond acceptors (Lipinski definition) is 3. The summed E-state index contributed by atoms with van der Waals surface area (Å²) in [6.45, 7) is 2.55. The number of aliphatic hydroxyl groups is 1. The molecule has 3 aromatic rings. The number of aromatic nitrogens is 1. The van der Waals surface area contributed by atoms with Crippen LogP contribution in [0.25, 0.3) is 10.9 Å². The number of nitrogens with one attached hydrogen (secondary N) is 2. The van der Waals surface area contributed by atoms with E-state index in [0.29, 0.717) is 17.1 Å². The maximum absolute atomic E-state index is 10.3. The first-order valence-corrected chi connectivity index (χ1v) is 8.61. The molecule has 0 aliphatic rings. The van der Waals surface area contributed by atoms with Gasteiger partial charge in [-0.25, -0.2) is 0 Å². The molecule has 3 N–H and O–H groups in total. The molecule has 0 fully saturated rings. The fraction of sp³-hybridized carbons (Fsp3) is 0.250. The van der Waals surface area contributed by atoms with Gasteiger partial charge < -0.3 is 15.4 Å². The van der Waals surface area contributed by atoms with Crippen LogP contribution >= 0.6 is 11.6 Å². The van der Waals surface area contributed by atoms with Gasteiger partial charge in [-0.1, -0.05) is 29.8 Å². The Kier molecular flexibility index (Phi) is 5.40. The van der Waals surface area contributed by atoms with E-state index in [9.17, 15) is 5.11 Å². The van der Waals surface area contributed by atoms with Crippen molar-refractivity contribution >= 4 is 22.5 Å². The van der Waals surface area contributed by atoms with Gasteiger partial charge in [-0.2, -0.15) is 5.26 Å². The number of fused-ring (bicyclic) bond motifs is 1. The van der Waals surface area contributed by atoms with Crippen molar-refractivity contribution in [2.75, 3.05) is 6.54 Å². The second kappa shape index (κ2) is 7.71. The fourth-order valence-corrected chi connectivity index (χ4v) is 3.17. The Morgan fingerprint density at radius 1 is 1.28 bits per heavy atom. The molecule has 128 valence electrons. The van der Waals surface area contributed by atoms with E-state index < -0.39 is 6.10 Å². The zero-order valence-electron chi connectivity index (χ0n) is 14.0. The SMILES string of the molecule is CC(Cc1c[nH]c2cc(C#N)ccc12)NCC(O)c1cccc(Cl)c1. The number of benzene rings is 2. The summed E-state index contributed by atoms with van der Waals surface area (Å²) in [6.07, 6.45) is 2.22. The predicted molar refractivity (Wildman–Crippen MR) is 101 cm³/mol. The first-order chi connectivity index (χ1) is 12.1. The average molecular weight is 354 g/mol. The summed E-state index contributed by atoms with van der Waals surface area (Å²) in [5, 5.41) is 24.4. The van der Waals surface area contributed by atoms with Crippen molar-refractivity contribution in [2.45, 2.75) is 25.5 Å². The monoisotopic (exact) mass is 353 g/mol. The van der Waals surface area contributed by atoms with Gasteiger partial charge in [-0.15, -0.1) is 0 Å². The van der Waals surface area contributed by atoms with E-state index in [4.69, 9.17) is 16.9 Å². The highest BCUT2D eigenvalue weighted by Gasteiger charge is 2.12. The Bertz CT molecular complexity index is 913. The zero-order valence-corrected chi connectivity index (χ0v) is 14.7. The topological polar surface area (TPSA) is 71.8 Å². The molecule has 0 aliphatic heterocycles. The summed E-state index contributed by atoms with van der Waals surface area (Å²) in [7, 11) is 0. The second-order valence-corrected chi connectivity index (χ2v) is 6.71. The van der Waals surface area contributed by atoms with Crippen molar-refractivity contribution in [2.24, 2.45) is 0 Å². The van der Waals surface area contributed by atoms with E-state index in [0.717, 1.165) is 22.9 Å². The van der Waals surface area contributed by atoms with Gasteiger partial charge in [0.2, 0.25) is 0 Å². The van der Waals surface area contributed by atoms with Crippen molar-refractivity contribution in [3.05, 3.63) is 70.4 Å². The molecule has 0 amide bonds. The summed E-state index contributed by atoms with van der Waals surface area (Å²) >= 11 is 5.97. The smallest absolute Gasteiger partial charge is 0.0992 e. The number of halogens is 1. The van der Waals surface area contributed by atoms with Crippen LogP contribution in [0.2, 0.25) is 5.02 Å². The van der Waals surface area contributed by atoms with E-state index in [1.165, 1.54) is 5.56 Å². The van der Waals surface area contributed by atoms with Crippen LogP contribution in [0.15, 0.2) is 48.7 Å². The number of hydrogen-bond donors (Lipinski definition) is 3. The highest BCUT2D eigenvalue weighted by molar-refractivity contribution is 6.30. The van der Waals surface area contributed by atoms with Crippen LogP contribution in [-0.4, -0.2) is 22.7 Å². The Labute approximate surface area is 152 Å². The first kappa shape index (κ1) is 17.5. The van der Waals surface area contributed by atoms with Crippen LogP contribution in [0.5, 0.6) is 0 Å². The van der Waals surface area contributed by atoms with Crippen molar-refractivity contribution in [1.82, 2.24) is 10.3 Å². The molecule has 2 unspecified atom stereocenters. The molecule has 2 aromatic carbocycles. The van der Waals surface area contributed by atoms with Crippen molar-refractivity contribution in [3.8, 4) is 6.07 Å². The normalized spacial score (nSPS) is 13.5. The van der Waals surface area contributed by atoms with Gasteiger partial charge in [-0.05, 0) is 48.7 Å². The maximum atomic E-state index is 10.3. The van der Waals surface area contributed by atoms with Gasteiger partial charge in [0.1, 0.15) is 0 Å². The number of nitriles is 1. The highest BCUT2D eigenvalue weighted by atomic mass is 35.5. The standard InChI is InChI=1S/C20H20ClN3O/c1-13(23-12-20(25)15-3-2-4-17(21)9-15)7-16-11-24-19-8-14(10-22)5-6-18(16)19/h2-6,8-9,11,13,20,23-25H,7,12H2,1H3. The summed E-state index contributed by atoms with van der Waals surface area (Å²) < 4.78 is 0. The molecule has 0 saturated carbocycles. The van der Waals surface area contributed by atoms with Crippen LogP contribution < -0.4 is 5.32 Å². The van der Waals surface area contributed by atoms with E-state index in [1.807, 2.05) is 36.5 Å². The minimum atomic E-state index is -0.595. The lowest BCUT2D eigenvalue weighted by Crippen LogP contribution is -2.32. The lowest BCUT2D eigenvalue weighted by Gasteiger charge is -2.17. The molecule has 4 nitrogen and oxygen atoms in total. The second-order valence-electron chi connectivity index (χ2n) is 6.27. The number of rotatable bonds is 6. The van der Waals surface area contributed by atoms with Crippen molar-refractivity contribution in [1.29, 1.82) is 5.26 Å². The molecule has 0 aliphatic carbocycles. The van der Waals surface area contributed by atoms with Crippen LogP contribution in [0, 0.1) is 11.3 Å². The van der Waals surface area contributed by atoms with Crippen LogP contribution in [0.1, 0.15) is 29.7 Å². The van der Waals surface area contributed by atoms with Crippen LogP contribution in [0.4, 0.5) is 0 Å². The molecular weight excluding hydrogens is 334 g/mol. The zero-order chi connectivity index (χ0) is 17.8. The van der Waals surface area contributed by atoms with E-state index in [2.05, 4.69) is 23.3 Å². The minimum absolute atomic E-state index is 0.198. The van der Waals surface area contributed by atoms with E-state index in [1.54, 1.807) is 12.1 Å². The molecule has 0 radical (unpaired) electrons. The Morgan fingerprint density at radius 3 is 2.88 bits per heavy atom. The lowest BCUT2D eigenvalue weighted by atomic mass is 10.0. The number of nitrogens with zero attached hydrogens (tertiary/aromatic N) is 1. The molecule has 25 heavy (non-hydrogen) atoms. The molecular formula is C20H20ClN3O.